The topological polar surface area (TPSA) is 47.8 Å². The van der Waals surface area contributed by atoms with Gasteiger partial charge in [0.05, 0.1) is 11.9 Å². The van der Waals surface area contributed by atoms with Crippen molar-refractivity contribution in [2.24, 2.45) is 0 Å². The predicted octanol–water partition coefficient (Wildman–Crippen LogP) is 3.51. The van der Waals surface area contributed by atoms with E-state index in [0.29, 0.717) is 12.1 Å². The van der Waals surface area contributed by atoms with Crippen molar-refractivity contribution in [1.82, 2.24) is 14.8 Å². The molecular formula is C16H13N3OS. The second kappa shape index (κ2) is 4.93. The van der Waals surface area contributed by atoms with Crippen LogP contribution in [0.3, 0.4) is 0 Å². The molecule has 4 nitrogen and oxygen atoms in total. The zero-order valence-electron chi connectivity index (χ0n) is 11.3. The maximum absolute atomic E-state index is 11.9. The van der Waals surface area contributed by atoms with E-state index >= 15 is 0 Å². The molecule has 0 bridgehead atoms. The zero-order chi connectivity index (χ0) is 14.2. The summed E-state index contributed by atoms with van der Waals surface area (Å²) in [7, 11) is 0. The Balaban J connectivity index is 1.72. The number of aromatic nitrogens is 3. The lowest BCUT2D eigenvalue weighted by atomic mass is 10.0. The summed E-state index contributed by atoms with van der Waals surface area (Å²) in [5.41, 5.74) is 2.65. The Hall–Kier alpha value is -2.27. The van der Waals surface area contributed by atoms with Gasteiger partial charge in [0.1, 0.15) is 10.7 Å². The molecule has 21 heavy (non-hydrogen) atoms. The van der Waals surface area contributed by atoms with Gasteiger partial charge in [-0.1, -0.05) is 18.2 Å². The summed E-state index contributed by atoms with van der Waals surface area (Å²) in [4.78, 5) is 17.5. The molecule has 0 saturated heterocycles. The first kappa shape index (κ1) is 12.5. The van der Waals surface area contributed by atoms with Crippen molar-refractivity contribution in [3.8, 4) is 16.3 Å². The number of carbonyl (C=O) groups is 1. The molecule has 0 N–H and O–H groups in total. The first-order valence-electron chi connectivity index (χ1n) is 6.94. The van der Waals surface area contributed by atoms with Crippen molar-refractivity contribution < 1.29 is 4.79 Å². The molecule has 0 aliphatic heterocycles. The first-order valence-corrected chi connectivity index (χ1v) is 7.76. The van der Waals surface area contributed by atoms with Crippen LogP contribution in [0.4, 0.5) is 0 Å². The molecule has 2 heterocycles. The van der Waals surface area contributed by atoms with E-state index < -0.39 is 0 Å². The highest BCUT2D eigenvalue weighted by atomic mass is 32.1. The molecule has 0 saturated carbocycles. The number of rotatable bonds is 2. The molecule has 4 rings (SSSR count). The zero-order valence-corrected chi connectivity index (χ0v) is 12.1. The van der Waals surface area contributed by atoms with Crippen LogP contribution in [0.5, 0.6) is 0 Å². The molecule has 1 aromatic carbocycles. The van der Waals surface area contributed by atoms with Gasteiger partial charge in [-0.2, -0.15) is 5.10 Å². The fourth-order valence-electron chi connectivity index (χ4n) is 2.55. The van der Waals surface area contributed by atoms with E-state index in [1.54, 1.807) is 11.3 Å². The Kier molecular flexibility index (Phi) is 2.93. The summed E-state index contributed by atoms with van der Waals surface area (Å²) in [6.45, 7) is 0. The van der Waals surface area contributed by atoms with Crippen LogP contribution in [-0.2, 0) is 6.42 Å². The average Bonchev–Trinajstić information content (AvgIpc) is 3.15. The van der Waals surface area contributed by atoms with Crippen LogP contribution >= 0.6 is 11.3 Å². The third kappa shape index (κ3) is 2.19. The number of carbonyl (C=O) groups excluding carboxylic acids is 1. The lowest BCUT2D eigenvalue weighted by molar-refractivity contribution is 0.0968. The van der Waals surface area contributed by atoms with E-state index in [0.717, 1.165) is 34.0 Å². The molecule has 1 aliphatic carbocycles. The second-order valence-corrected chi connectivity index (χ2v) is 6.16. The van der Waals surface area contributed by atoms with Crippen LogP contribution in [0.15, 0.2) is 42.7 Å². The van der Waals surface area contributed by atoms with Crippen molar-refractivity contribution in [2.75, 3.05) is 0 Å². The number of para-hydroxylation sites is 1. The smallest absolute Gasteiger partial charge is 0.182 e. The molecule has 5 heteroatoms. The lowest BCUT2D eigenvalue weighted by Gasteiger charge is -2.06. The molecule has 0 amide bonds. The molecule has 3 aromatic rings. The number of hydrogen-bond donors (Lipinski definition) is 0. The van der Waals surface area contributed by atoms with Gasteiger partial charge in [-0.3, -0.25) is 4.79 Å². The Morgan fingerprint density at radius 1 is 1.14 bits per heavy atom. The second-order valence-electron chi connectivity index (χ2n) is 5.08. The summed E-state index contributed by atoms with van der Waals surface area (Å²) < 4.78 is 1.83. The fourth-order valence-corrected chi connectivity index (χ4v) is 3.64. The van der Waals surface area contributed by atoms with Crippen LogP contribution < -0.4 is 0 Å². The Morgan fingerprint density at radius 2 is 2.00 bits per heavy atom. The number of fused-ring (bicyclic) bond motifs is 1. The summed E-state index contributed by atoms with van der Waals surface area (Å²) in [5, 5.41) is 5.27. The van der Waals surface area contributed by atoms with Crippen molar-refractivity contribution in [1.29, 1.82) is 0 Å². The number of aryl methyl sites for hydroxylation is 1. The van der Waals surface area contributed by atoms with Gasteiger partial charge in [-0.15, -0.1) is 11.3 Å². The number of hydrogen-bond acceptors (Lipinski definition) is 4. The van der Waals surface area contributed by atoms with Gasteiger partial charge < -0.3 is 0 Å². The largest absolute Gasteiger partial charge is 0.292 e. The highest BCUT2D eigenvalue weighted by Crippen LogP contribution is 2.32. The number of nitrogens with zero attached hydrogens (tertiary/aromatic N) is 3. The van der Waals surface area contributed by atoms with Gasteiger partial charge in [0.2, 0.25) is 0 Å². The third-order valence-corrected chi connectivity index (χ3v) is 4.78. The maximum atomic E-state index is 11.9. The van der Waals surface area contributed by atoms with Crippen molar-refractivity contribution in [3.05, 3.63) is 53.3 Å². The van der Waals surface area contributed by atoms with Gasteiger partial charge in [-0.25, -0.2) is 9.67 Å². The monoisotopic (exact) mass is 295 g/mol. The van der Waals surface area contributed by atoms with E-state index in [2.05, 4.69) is 10.1 Å². The molecule has 0 unspecified atom stereocenters. The van der Waals surface area contributed by atoms with Gasteiger partial charge >= 0.3 is 0 Å². The van der Waals surface area contributed by atoms with E-state index in [1.165, 1.54) is 0 Å². The quantitative estimate of drug-likeness (QED) is 0.727. The molecule has 0 atom stereocenters. The number of benzene rings is 1. The molecule has 104 valence electrons. The molecule has 0 radical (unpaired) electrons. The predicted molar refractivity (Wildman–Crippen MR) is 81.9 cm³/mol. The fraction of sp³-hybridized carbons (Fsp3) is 0.188. The minimum atomic E-state index is 0.175. The van der Waals surface area contributed by atoms with Crippen LogP contribution in [0.2, 0.25) is 0 Å². The number of Topliss-reactive ketones (excluding diaryl/α,β-unsaturated/α-hetero) is 1. The van der Waals surface area contributed by atoms with Crippen LogP contribution in [0.25, 0.3) is 16.3 Å². The molecular weight excluding hydrogens is 282 g/mol. The number of thiazole rings is 1. The highest BCUT2D eigenvalue weighted by molar-refractivity contribution is 7.15. The van der Waals surface area contributed by atoms with E-state index in [4.69, 9.17) is 0 Å². The SMILES string of the molecule is O=C1CCCc2sc(-c3cnn(-c4ccccc4)c3)nc21. The molecule has 1 aliphatic rings. The summed E-state index contributed by atoms with van der Waals surface area (Å²) in [6.07, 6.45) is 6.30. The minimum absolute atomic E-state index is 0.175. The molecule has 0 fully saturated rings. The van der Waals surface area contributed by atoms with Crippen molar-refractivity contribution in [2.45, 2.75) is 19.3 Å². The third-order valence-electron chi connectivity index (χ3n) is 3.62. The average molecular weight is 295 g/mol. The van der Waals surface area contributed by atoms with Gasteiger partial charge in [-0.05, 0) is 25.0 Å². The first-order chi connectivity index (χ1) is 10.3. The van der Waals surface area contributed by atoms with Crippen molar-refractivity contribution in [3.63, 3.8) is 0 Å². The summed E-state index contributed by atoms with van der Waals surface area (Å²) >= 11 is 1.62. The molecule has 0 spiro atoms. The normalized spacial score (nSPS) is 14.2. The maximum Gasteiger partial charge on any atom is 0.182 e. The van der Waals surface area contributed by atoms with Gasteiger partial charge in [0.25, 0.3) is 0 Å². The van der Waals surface area contributed by atoms with Crippen LogP contribution in [0, 0.1) is 0 Å². The van der Waals surface area contributed by atoms with E-state index in [-0.39, 0.29) is 5.78 Å². The summed E-state index contributed by atoms with van der Waals surface area (Å²) in [5.74, 6) is 0.175. The summed E-state index contributed by atoms with van der Waals surface area (Å²) in [6, 6.07) is 9.96. The molecule has 2 aromatic heterocycles. The van der Waals surface area contributed by atoms with Gasteiger partial charge in [0.15, 0.2) is 5.78 Å². The Morgan fingerprint density at radius 3 is 2.81 bits per heavy atom. The highest BCUT2D eigenvalue weighted by Gasteiger charge is 2.23. The van der Waals surface area contributed by atoms with Gasteiger partial charge in [0, 0.05) is 23.1 Å². The standard InChI is InChI=1S/C16H13N3OS/c20-13-7-4-8-14-15(13)18-16(21-14)11-9-17-19(10-11)12-5-2-1-3-6-12/h1-3,5-6,9-10H,4,7-8H2. The van der Waals surface area contributed by atoms with Crippen LogP contribution in [0.1, 0.15) is 28.2 Å². The minimum Gasteiger partial charge on any atom is -0.292 e. The lowest BCUT2D eigenvalue weighted by Crippen LogP contribution is -2.08. The Bertz CT molecular complexity index is 804. The van der Waals surface area contributed by atoms with E-state index in [1.807, 2.05) is 47.4 Å². The number of ketones is 1. The Labute approximate surface area is 126 Å². The van der Waals surface area contributed by atoms with Crippen molar-refractivity contribution >= 4 is 17.1 Å². The van der Waals surface area contributed by atoms with Crippen LogP contribution in [-0.4, -0.2) is 20.5 Å². The van der Waals surface area contributed by atoms with E-state index in [9.17, 15) is 4.79 Å².